The first-order valence-electron chi connectivity index (χ1n) is 6.32. The molecule has 0 spiro atoms. The van der Waals surface area contributed by atoms with Crippen molar-refractivity contribution in [2.45, 2.75) is 12.8 Å². The average molecular weight is 276 g/mol. The summed E-state index contributed by atoms with van der Waals surface area (Å²) in [4.78, 5) is 0. The predicted octanol–water partition coefficient (Wildman–Crippen LogP) is 3.19. The first kappa shape index (κ1) is 13.9. The standard InChI is InChI=1S/C16H17NO.ClH/c1-18-16-7-6-13-12-5-3-2-4-11(12)10-15(13)14(16)8-9-17;/h2-7H,8-10,17H2,1H3;1H. The fourth-order valence-corrected chi connectivity index (χ4v) is 2.86. The van der Waals surface area contributed by atoms with Crippen LogP contribution in [0.1, 0.15) is 16.7 Å². The fourth-order valence-electron chi connectivity index (χ4n) is 2.86. The third-order valence-electron chi connectivity index (χ3n) is 3.68. The van der Waals surface area contributed by atoms with E-state index < -0.39 is 0 Å². The van der Waals surface area contributed by atoms with E-state index in [0.717, 1.165) is 18.6 Å². The Kier molecular flexibility index (Phi) is 4.13. The maximum atomic E-state index is 5.73. The molecule has 1 aliphatic rings. The molecule has 2 N–H and O–H groups in total. The molecule has 0 atom stereocenters. The summed E-state index contributed by atoms with van der Waals surface area (Å²) in [5.74, 6) is 0.965. The molecule has 0 aromatic heterocycles. The number of fused-ring (bicyclic) bond motifs is 3. The van der Waals surface area contributed by atoms with Crippen LogP contribution in [0.25, 0.3) is 11.1 Å². The van der Waals surface area contributed by atoms with Crippen molar-refractivity contribution in [3.8, 4) is 16.9 Å². The lowest BCUT2D eigenvalue weighted by Crippen LogP contribution is -2.07. The zero-order valence-corrected chi connectivity index (χ0v) is 11.8. The van der Waals surface area contributed by atoms with E-state index in [9.17, 15) is 0 Å². The Labute approximate surface area is 120 Å². The molecule has 0 saturated heterocycles. The summed E-state index contributed by atoms with van der Waals surface area (Å²) in [6.45, 7) is 0.656. The van der Waals surface area contributed by atoms with Crippen molar-refractivity contribution in [1.82, 2.24) is 0 Å². The summed E-state index contributed by atoms with van der Waals surface area (Å²) in [5, 5.41) is 0. The van der Waals surface area contributed by atoms with E-state index in [1.165, 1.54) is 27.8 Å². The minimum Gasteiger partial charge on any atom is -0.496 e. The Morgan fingerprint density at radius 3 is 2.63 bits per heavy atom. The topological polar surface area (TPSA) is 35.2 Å². The van der Waals surface area contributed by atoms with E-state index in [-0.39, 0.29) is 12.4 Å². The number of benzene rings is 2. The number of ether oxygens (including phenoxy) is 1. The van der Waals surface area contributed by atoms with Crippen molar-refractivity contribution in [2.24, 2.45) is 5.73 Å². The fraction of sp³-hybridized carbons (Fsp3) is 0.250. The normalized spacial score (nSPS) is 11.5. The van der Waals surface area contributed by atoms with Crippen LogP contribution in [0, 0.1) is 0 Å². The predicted molar refractivity (Wildman–Crippen MR) is 81.2 cm³/mol. The molecule has 0 saturated carbocycles. The SMILES string of the molecule is COc1ccc2c(c1CCN)Cc1ccccc1-2.Cl. The Morgan fingerprint density at radius 2 is 1.89 bits per heavy atom. The Bertz CT molecular complexity index is 595. The van der Waals surface area contributed by atoms with Gasteiger partial charge in [0.25, 0.3) is 0 Å². The lowest BCUT2D eigenvalue weighted by atomic mass is 9.98. The van der Waals surface area contributed by atoms with Gasteiger partial charge in [0.1, 0.15) is 5.75 Å². The van der Waals surface area contributed by atoms with E-state index in [0.29, 0.717) is 6.54 Å². The molecule has 2 nitrogen and oxygen atoms in total. The van der Waals surface area contributed by atoms with E-state index in [2.05, 4.69) is 36.4 Å². The Morgan fingerprint density at radius 1 is 1.11 bits per heavy atom. The molecule has 19 heavy (non-hydrogen) atoms. The monoisotopic (exact) mass is 275 g/mol. The van der Waals surface area contributed by atoms with Gasteiger partial charge in [-0.3, -0.25) is 0 Å². The third kappa shape index (κ3) is 2.22. The third-order valence-corrected chi connectivity index (χ3v) is 3.68. The summed E-state index contributed by atoms with van der Waals surface area (Å²) in [6.07, 6.45) is 1.87. The number of hydrogen-bond acceptors (Lipinski definition) is 2. The second kappa shape index (κ2) is 5.64. The van der Waals surface area contributed by atoms with Gasteiger partial charge in [0, 0.05) is 0 Å². The summed E-state index contributed by atoms with van der Waals surface area (Å²) in [6, 6.07) is 12.8. The lowest BCUT2D eigenvalue weighted by Gasteiger charge is -2.13. The molecule has 100 valence electrons. The quantitative estimate of drug-likeness (QED) is 0.797. The molecule has 0 heterocycles. The first-order valence-corrected chi connectivity index (χ1v) is 6.32. The highest BCUT2D eigenvalue weighted by Gasteiger charge is 2.22. The second-order valence-electron chi connectivity index (χ2n) is 4.65. The molecule has 0 unspecified atom stereocenters. The molecule has 0 amide bonds. The van der Waals surface area contributed by atoms with Crippen LogP contribution in [0.5, 0.6) is 5.75 Å². The van der Waals surface area contributed by atoms with Gasteiger partial charge in [0.2, 0.25) is 0 Å². The molecular formula is C16H18ClNO. The van der Waals surface area contributed by atoms with E-state index in [4.69, 9.17) is 10.5 Å². The molecule has 2 aromatic carbocycles. The smallest absolute Gasteiger partial charge is 0.122 e. The molecule has 2 aromatic rings. The van der Waals surface area contributed by atoms with Gasteiger partial charge in [0.05, 0.1) is 7.11 Å². The van der Waals surface area contributed by atoms with Crippen LogP contribution in [-0.4, -0.2) is 13.7 Å². The summed E-state index contributed by atoms with van der Waals surface area (Å²) in [5.41, 5.74) is 12.5. The van der Waals surface area contributed by atoms with Crippen LogP contribution in [0.3, 0.4) is 0 Å². The number of nitrogens with two attached hydrogens (primary N) is 1. The zero-order valence-electron chi connectivity index (χ0n) is 11.0. The van der Waals surface area contributed by atoms with Crippen molar-refractivity contribution < 1.29 is 4.74 Å². The van der Waals surface area contributed by atoms with Gasteiger partial charge >= 0.3 is 0 Å². The highest BCUT2D eigenvalue weighted by Crippen LogP contribution is 2.41. The van der Waals surface area contributed by atoms with E-state index >= 15 is 0 Å². The van der Waals surface area contributed by atoms with Crippen LogP contribution in [0.15, 0.2) is 36.4 Å². The van der Waals surface area contributed by atoms with Gasteiger partial charge in [0.15, 0.2) is 0 Å². The molecule has 0 bridgehead atoms. The van der Waals surface area contributed by atoms with Crippen LogP contribution in [0.4, 0.5) is 0 Å². The molecule has 0 fully saturated rings. The summed E-state index contributed by atoms with van der Waals surface area (Å²) >= 11 is 0. The van der Waals surface area contributed by atoms with Crippen LogP contribution >= 0.6 is 12.4 Å². The molecule has 3 rings (SSSR count). The summed E-state index contributed by atoms with van der Waals surface area (Å²) in [7, 11) is 1.73. The number of rotatable bonds is 3. The van der Waals surface area contributed by atoms with Gasteiger partial charge in [-0.25, -0.2) is 0 Å². The number of halogens is 1. The van der Waals surface area contributed by atoms with Crippen molar-refractivity contribution in [3.63, 3.8) is 0 Å². The van der Waals surface area contributed by atoms with Gasteiger partial charge in [-0.15, -0.1) is 12.4 Å². The van der Waals surface area contributed by atoms with Gasteiger partial charge in [-0.2, -0.15) is 0 Å². The van der Waals surface area contributed by atoms with Gasteiger partial charge < -0.3 is 10.5 Å². The largest absolute Gasteiger partial charge is 0.496 e. The van der Waals surface area contributed by atoms with E-state index in [1.807, 2.05) is 0 Å². The van der Waals surface area contributed by atoms with Crippen molar-refractivity contribution in [1.29, 1.82) is 0 Å². The maximum absolute atomic E-state index is 5.73. The number of hydrogen-bond donors (Lipinski definition) is 1. The van der Waals surface area contributed by atoms with Gasteiger partial charge in [-0.1, -0.05) is 30.3 Å². The first-order chi connectivity index (χ1) is 8.85. The van der Waals surface area contributed by atoms with Crippen LogP contribution < -0.4 is 10.5 Å². The Balaban J connectivity index is 0.00000133. The highest BCUT2D eigenvalue weighted by molar-refractivity contribution is 5.85. The lowest BCUT2D eigenvalue weighted by molar-refractivity contribution is 0.409. The Hall–Kier alpha value is -1.51. The minimum atomic E-state index is 0. The number of methoxy groups -OCH3 is 1. The van der Waals surface area contributed by atoms with Crippen molar-refractivity contribution in [2.75, 3.05) is 13.7 Å². The molecule has 3 heteroatoms. The van der Waals surface area contributed by atoms with Crippen molar-refractivity contribution in [3.05, 3.63) is 53.1 Å². The van der Waals surface area contributed by atoms with Crippen LogP contribution in [-0.2, 0) is 12.8 Å². The molecule has 0 aliphatic heterocycles. The zero-order chi connectivity index (χ0) is 12.5. The second-order valence-corrected chi connectivity index (χ2v) is 4.65. The summed E-state index contributed by atoms with van der Waals surface area (Å²) < 4.78 is 5.47. The molecule has 0 radical (unpaired) electrons. The maximum Gasteiger partial charge on any atom is 0.122 e. The van der Waals surface area contributed by atoms with Crippen molar-refractivity contribution >= 4 is 12.4 Å². The molecular weight excluding hydrogens is 258 g/mol. The van der Waals surface area contributed by atoms with E-state index in [1.54, 1.807) is 7.11 Å². The van der Waals surface area contributed by atoms with Crippen LogP contribution in [0.2, 0.25) is 0 Å². The van der Waals surface area contributed by atoms with Gasteiger partial charge in [-0.05, 0) is 53.3 Å². The minimum absolute atomic E-state index is 0. The molecule has 1 aliphatic carbocycles. The average Bonchev–Trinajstić information content (AvgIpc) is 2.78. The highest BCUT2D eigenvalue weighted by atomic mass is 35.5.